The molecule has 0 aromatic carbocycles. The van der Waals surface area contributed by atoms with Crippen LogP contribution in [0, 0.1) is 17.3 Å². The van der Waals surface area contributed by atoms with Gasteiger partial charge in [-0.3, -0.25) is 0 Å². The predicted octanol–water partition coefficient (Wildman–Crippen LogP) is 3.34. The molecule has 1 nitrogen and oxygen atoms in total. The molecule has 3 rings (SSSR count). The van der Waals surface area contributed by atoms with E-state index in [1.54, 1.807) is 6.42 Å². The molecule has 1 heteroatoms. The van der Waals surface area contributed by atoms with Crippen LogP contribution in [-0.4, -0.2) is 12.6 Å². The Labute approximate surface area is 94.0 Å². The highest BCUT2D eigenvalue weighted by Crippen LogP contribution is 2.50. The van der Waals surface area contributed by atoms with Crippen molar-refractivity contribution in [1.82, 2.24) is 5.32 Å². The molecule has 0 aliphatic heterocycles. The summed E-state index contributed by atoms with van der Waals surface area (Å²) in [6.45, 7) is 3.66. The van der Waals surface area contributed by atoms with Gasteiger partial charge in [0.2, 0.25) is 0 Å². The van der Waals surface area contributed by atoms with Gasteiger partial charge < -0.3 is 5.32 Å². The lowest BCUT2D eigenvalue weighted by Crippen LogP contribution is -2.37. The minimum atomic E-state index is 0.747. The molecule has 3 atom stereocenters. The second-order valence-electron chi connectivity index (χ2n) is 6.41. The van der Waals surface area contributed by atoms with E-state index >= 15 is 0 Å². The number of rotatable bonds is 5. The molecule has 0 aromatic rings. The standard InChI is InChI=1S/C14H25N/c1-2-5-14(6-7-14)10-15-13-9-11-3-4-12(13)8-11/h11-13,15H,2-10H2,1H3. The Bertz CT molecular complexity index is 231. The topological polar surface area (TPSA) is 12.0 Å². The van der Waals surface area contributed by atoms with Crippen molar-refractivity contribution in [3.63, 3.8) is 0 Å². The molecule has 3 unspecified atom stereocenters. The van der Waals surface area contributed by atoms with Crippen molar-refractivity contribution in [2.45, 2.75) is 64.3 Å². The van der Waals surface area contributed by atoms with Gasteiger partial charge in [0.05, 0.1) is 0 Å². The smallest absolute Gasteiger partial charge is 0.00982 e. The van der Waals surface area contributed by atoms with Crippen molar-refractivity contribution in [2.75, 3.05) is 6.54 Å². The van der Waals surface area contributed by atoms with Gasteiger partial charge in [0, 0.05) is 12.6 Å². The van der Waals surface area contributed by atoms with Crippen molar-refractivity contribution < 1.29 is 0 Å². The molecule has 86 valence electrons. The lowest BCUT2D eigenvalue weighted by Gasteiger charge is -2.25. The maximum Gasteiger partial charge on any atom is 0.00982 e. The molecule has 0 aromatic heterocycles. The van der Waals surface area contributed by atoms with Crippen LogP contribution in [0.4, 0.5) is 0 Å². The highest BCUT2D eigenvalue weighted by Gasteiger charge is 2.44. The Morgan fingerprint density at radius 2 is 2.07 bits per heavy atom. The van der Waals surface area contributed by atoms with E-state index in [-0.39, 0.29) is 0 Å². The molecule has 1 N–H and O–H groups in total. The molecule has 0 spiro atoms. The van der Waals surface area contributed by atoms with Crippen molar-refractivity contribution >= 4 is 0 Å². The van der Waals surface area contributed by atoms with Gasteiger partial charge in [-0.25, -0.2) is 0 Å². The average Bonchev–Trinajstić information content (AvgIpc) is 2.73. The van der Waals surface area contributed by atoms with E-state index in [2.05, 4.69) is 12.2 Å². The van der Waals surface area contributed by atoms with E-state index in [9.17, 15) is 0 Å². The largest absolute Gasteiger partial charge is 0.313 e. The molecule has 15 heavy (non-hydrogen) atoms. The van der Waals surface area contributed by atoms with Crippen LogP contribution >= 0.6 is 0 Å². The number of nitrogens with one attached hydrogen (secondary N) is 1. The second kappa shape index (κ2) is 3.76. The zero-order valence-corrected chi connectivity index (χ0v) is 10.1. The number of hydrogen-bond donors (Lipinski definition) is 1. The van der Waals surface area contributed by atoms with Gasteiger partial charge in [0.1, 0.15) is 0 Å². The van der Waals surface area contributed by atoms with E-state index in [4.69, 9.17) is 0 Å². The summed E-state index contributed by atoms with van der Waals surface area (Å²) in [7, 11) is 0. The summed E-state index contributed by atoms with van der Waals surface area (Å²) < 4.78 is 0. The third-order valence-corrected chi connectivity index (χ3v) is 5.21. The number of hydrogen-bond acceptors (Lipinski definition) is 1. The second-order valence-corrected chi connectivity index (χ2v) is 6.41. The fourth-order valence-electron chi connectivity index (χ4n) is 4.06. The third kappa shape index (κ3) is 1.95. The summed E-state index contributed by atoms with van der Waals surface area (Å²) in [5.74, 6) is 2.14. The van der Waals surface area contributed by atoms with Crippen LogP contribution in [0.1, 0.15) is 58.3 Å². The van der Waals surface area contributed by atoms with Gasteiger partial charge in [-0.15, -0.1) is 0 Å². The van der Waals surface area contributed by atoms with Gasteiger partial charge in [-0.1, -0.05) is 19.8 Å². The van der Waals surface area contributed by atoms with Crippen molar-refractivity contribution in [3.8, 4) is 0 Å². The molecular formula is C14H25N. The van der Waals surface area contributed by atoms with E-state index in [0.717, 1.165) is 23.3 Å². The molecule has 3 aliphatic carbocycles. The van der Waals surface area contributed by atoms with Crippen molar-refractivity contribution in [1.29, 1.82) is 0 Å². The van der Waals surface area contributed by atoms with Gasteiger partial charge >= 0.3 is 0 Å². The average molecular weight is 207 g/mol. The fourth-order valence-corrected chi connectivity index (χ4v) is 4.06. The lowest BCUT2D eigenvalue weighted by molar-refractivity contribution is 0.313. The predicted molar refractivity (Wildman–Crippen MR) is 63.8 cm³/mol. The summed E-state index contributed by atoms with van der Waals surface area (Å²) >= 11 is 0. The highest BCUT2D eigenvalue weighted by atomic mass is 15.0. The summed E-state index contributed by atoms with van der Waals surface area (Å²) in [4.78, 5) is 0. The van der Waals surface area contributed by atoms with Crippen molar-refractivity contribution in [2.24, 2.45) is 17.3 Å². The van der Waals surface area contributed by atoms with E-state index in [1.165, 1.54) is 51.5 Å². The van der Waals surface area contributed by atoms with Crippen LogP contribution in [0.25, 0.3) is 0 Å². The Kier molecular flexibility index (Phi) is 2.54. The lowest BCUT2D eigenvalue weighted by atomic mass is 9.93. The molecule has 0 radical (unpaired) electrons. The van der Waals surface area contributed by atoms with Gasteiger partial charge in [-0.2, -0.15) is 0 Å². The normalized spacial score (nSPS) is 41.0. The summed E-state index contributed by atoms with van der Waals surface area (Å²) in [6.07, 6.45) is 11.9. The molecule has 0 amide bonds. The van der Waals surface area contributed by atoms with Crippen LogP contribution in [0.5, 0.6) is 0 Å². The first-order valence-corrected chi connectivity index (χ1v) is 7.05. The van der Waals surface area contributed by atoms with Crippen LogP contribution < -0.4 is 5.32 Å². The van der Waals surface area contributed by atoms with Gasteiger partial charge in [-0.05, 0) is 55.8 Å². The van der Waals surface area contributed by atoms with E-state index in [1.807, 2.05) is 0 Å². The maximum absolute atomic E-state index is 3.90. The summed E-state index contributed by atoms with van der Waals surface area (Å²) in [5.41, 5.74) is 0.747. The van der Waals surface area contributed by atoms with Crippen molar-refractivity contribution in [3.05, 3.63) is 0 Å². The monoisotopic (exact) mass is 207 g/mol. The van der Waals surface area contributed by atoms with Gasteiger partial charge in [0.25, 0.3) is 0 Å². The quantitative estimate of drug-likeness (QED) is 0.729. The zero-order valence-electron chi connectivity index (χ0n) is 10.1. The first-order valence-electron chi connectivity index (χ1n) is 7.05. The molecule has 0 saturated heterocycles. The Balaban J connectivity index is 1.46. The Hall–Kier alpha value is -0.0400. The minimum absolute atomic E-state index is 0.747. The van der Waals surface area contributed by atoms with Gasteiger partial charge in [0.15, 0.2) is 0 Å². The van der Waals surface area contributed by atoms with Crippen LogP contribution in [0.2, 0.25) is 0 Å². The Morgan fingerprint density at radius 3 is 2.60 bits per heavy atom. The summed E-state index contributed by atoms with van der Waals surface area (Å²) in [6, 6.07) is 0.901. The van der Waals surface area contributed by atoms with E-state index in [0.29, 0.717) is 0 Å². The molecule has 3 fully saturated rings. The molecule has 3 saturated carbocycles. The summed E-state index contributed by atoms with van der Waals surface area (Å²) in [5, 5.41) is 3.90. The van der Waals surface area contributed by atoms with Crippen LogP contribution in [-0.2, 0) is 0 Å². The first-order chi connectivity index (χ1) is 7.31. The minimum Gasteiger partial charge on any atom is -0.313 e. The maximum atomic E-state index is 3.90. The highest BCUT2D eigenvalue weighted by molar-refractivity contribution is 4.99. The third-order valence-electron chi connectivity index (χ3n) is 5.21. The Morgan fingerprint density at radius 1 is 1.20 bits per heavy atom. The molecule has 2 bridgehead atoms. The van der Waals surface area contributed by atoms with E-state index < -0.39 is 0 Å². The molecule has 3 aliphatic rings. The van der Waals surface area contributed by atoms with Crippen LogP contribution in [0.3, 0.4) is 0 Å². The van der Waals surface area contributed by atoms with Crippen LogP contribution in [0.15, 0.2) is 0 Å². The SMILES string of the molecule is CCCC1(CNC2CC3CCC2C3)CC1. The molecular weight excluding hydrogens is 182 g/mol. The fraction of sp³-hybridized carbons (Fsp3) is 1.00. The zero-order chi connectivity index (χ0) is 10.3. The molecule has 0 heterocycles. The number of fused-ring (bicyclic) bond motifs is 2. The first kappa shape index (κ1) is 10.1.